The van der Waals surface area contributed by atoms with Crippen LogP contribution in [-0.2, 0) is 16.6 Å². The molecule has 6 aliphatic rings. The maximum Gasteiger partial charge on any atom is 0.165 e. The van der Waals surface area contributed by atoms with Crippen LogP contribution in [0.3, 0.4) is 0 Å². The third kappa shape index (κ3) is 2.14. The molecule has 5 heteroatoms. The van der Waals surface area contributed by atoms with Crippen molar-refractivity contribution in [1.29, 1.82) is 0 Å². The van der Waals surface area contributed by atoms with Gasteiger partial charge in [-0.15, -0.1) is 0 Å². The number of nitrogens with zero attached hydrogens (tertiary/aromatic N) is 1. The third-order valence-corrected chi connectivity index (χ3v) is 10.2. The average Bonchev–Trinajstić information content (AvgIpc) is 3.12. The van der Waals surface area contributed by atoms with Crippen LogP contribution in [0.15, 0.2) is 12.1 Å². The summed E-state index contributed by atoms with van der Waals surface area (Å²) in [6, 6.07) is 4.90. The van der Waals surface area contributed by atoms with Gasteiger partial charge in [0.1, 0.15) is 11.7 Å². The van der Waals surface area contributed by atoms with Crippen molar-refractivity contribution in [1.82, 2.24) is 4.90 Å². The van der Waals surface area contributed by atoms with Crippen molar-refractivity contribution >= 4 is 0 Å². The number of piperidine rings is 1. The monoisotopic (exact) mass is 427 g/mol. The SMILES string of the molecule is CCCC(O)[C@H]1C[C@@]23CCC1(OC)[C@@H]1Oc4c(OC)ccc5c4[C@@]12CCN(C)[C@@H]3CC5. The number of hydrogen-bond acceptors (Lipinski definition) is 5. The van der Waals surface area contributed by atoms with E-state index in [9.17, 15) is 5.11 Å². The Bertz CT molecular complexity index is 904. The predicted molar refractivity (Wildman–Crippen MR) is 119 cm³/mol. The number of aliphatic hydroxyl groups is 1. The van der Waals surface area contributed by atoms with E-state index in [-0.39, 0.29) is 29.0 Å². The molecule has 2 spiro atoms. The molecule has 0 aromatic heterocycles. The van der Waals surface area contributed by atoms with Gasteiger partial charge in [0.25, 0.3) is 0 Å². The summed E-state index contributed by atoms with van der Waals surface area (Å²) in [6.45, 7) is 3.25. The number of rotatable bonds is 5. The van der Waals surface area contributed by atoms with Crippen LogP contribution < -0.4 is 9.47 Å². The molecule has 5 nitrogen and oxygen atoms in total. The molecule has 4 aliphatic carbocycles. The van der Waals surface area contributed by atoms with Gasteiger partial charge in [-0.25, -0.2) is 0 Å². The summed E-state index contributed by atoms with van der Waals surface area (Å²) in [6.07, 6.45) is 7.94. The fourth-order valence-electron chi connectivity index (χ4n) is 9.10. The van der Waals surface area contributed by atoms with E-state index in [0.717, 1.165) is 63.0 Å². The van der Waals surface area contributed by atoms with Crippen molar-refractivity contribution in [2.45, 2.75) is 87.6 Å². The van der Waals surface area contributed by atoms with Gasteiger partial charge in [0.15, 0.2) is 11.5 Å². The normalized spacial score (nSPS) is 43.2. The molecule has 31 heavy (non-hydrogen) atoms. The molecule has 2 aliphatic heterocycles. The van der Waals surface area contributed by atoms with Crippen LogP contribution in [0.1, 0.15) is 63.0 Å². The average molecular weight is 428 g/mol. The lowest BCUT2D eigenvalue weighted by Crippen LogP contribution is -2.80. The minimum atomic E-state index is -0.442. The Morgan fingerprint density at radius 2 is 2.10 bits per heavy atom. The van der Waals surface area contributed by atoms with Gasteiger partial charge in [-0.05, 0) is 70.2 Å². The van der Waals surface area contributed by atoms with Gasteiger partial charge in [-0.3, -0.25) is 0 Å². The summed E-state index contributed by atoms with van der Waals surface area (Å²) in [4.78, 5) is 2.62. The maximum absolute atomic E-state index is 11.4. The van der Waals surface area contributed by atoms with Crippen LogP contribution in [0.25, 0.3) is 0 Å². The first-order valence-corrected chi connectivity index (χ1v) is 12.3. The van der Waals surface area contributed by atoms with E-state index < -0.39 is 5.60 Å². The van der Waals surface area contributed by atoms with Crippen LogP contribution in [0.5, 0.6) is 11.5 Å². The third-order valence-electron chi connectivity index (χ3n) is 10.2. The second kappa shape index (κ2) is 6.61. The Balaban J connectivity index is 1.64. The summed E-state index contributed by atoms with van der Waals surface area (Å²) in [5.74, 6) is 1.93. The molecule has 2 unspecified atom stereocenters. The minimum Gasteiger partial charge on any atom is -0.493 e. The Morgan fingerprint density at radius 3 is 2.84 bits per heavy atom. The van der Waals surface area contributed by atoms with Crippen molar-refractivity contribution in [2.24, 2.45) is 11.3 Å². The number of methoxy groups -OCH3 is 2. The van der Waals surface area contributed by atoms with Gasteiger partial charge >= 0.3 is 0 Å². The Labute approximate surface area is 186 Å². The largest absolute Gasteiger partial charge is 0.493 e. The highest BCUT2D eigenvalue weighted by atomic mass is 16.6. The molecular weight excluding hydrogens is 390 g/mol. The van der Waals surface area contributed by atoms with Crippen molar-refractivity contribution in [3.8, 4) is 11.5 Å². The zero-order chi connectivity index (χ0) is 21.6. The van der Waals surface area contributed by atoms with Gasteiger partial charge in [-0.2, -0.15) is 0 Å². The molecule has 4 fully saturated rings. The number of ether oxygens (including phenoxy) is 3. The van der Waals surface area contributed by atoms with Gasteiger partial charge in [0.2, 0.25) is 0 Å². The Kier molecular flexibility index (Phi) is 4.34. The lowest BCUT2D eigenvalue weighted by atomic mass is 9.36. The zero-order valence-electron chi connectivity index (χ0n) is 19.4. The van der Waals surface area contributed by atoms with E-state index in [0.29, 0.717) is 6.04 Å². The van der Waals surface area contributed by atoms with Crippen LogP contribution in [0.4, 0.5) is 0 Å². The fourth-order valence-corrected chi connectivity index (χ4v) is 9.10. The lowest BCUT2D eigenvalue weighted by molar-refractivity contribution is -0.286. The number of aryl methyl sites for hydroxylation is 1. The standard InChI is InChI=1S/C26H37NO4/c1-5-6-18(28)17-15-24-11-12-26(17,30-4)23-25(24)13-14-27(2)20(24)10-8-16-7-9-19(29-3)22(31-23)21(16)25/h7,9,17-18,20,23,28H,5-6,8,10-15H2,1-4H3/t17-,18?,20-,23-,24-,25+,26?/m1/s1. The molecule has 170 valence electrons. The van der Waals surface area contributed by atoms with E-state index in [1.54, 1.807) is 7.11 Å². The fraction of sp³-hybridized carbons (Fsp3) is 0.769. The highest BCUT2D eigenvalue weighted by Crippen LogP contribution is 2.76. The van der Waals surface area contributed by atoms with Gasteiger partial charge in [0, 0.05) is 35.5 Å². The molecule has 0 radical (unpaired) electrons. The topological polar surface area (TPSA) is 51.2 Å². The predicted octanol–water partition coefficient (Wildman–Crippen LogP) is 3.69. The molecule has 7 atom stereocenters. The summed E-state index contributed by atoms with van der Waals surface area (Å²) in [5.41, 5.74) is 2.50. The highest BCUT2D eigenvalue weighted by molar-refractivity contribution is 5.62. The smallest absolute Gasteiger partial charge is 0.165 e. The van der Waals surface area contributed by atoms with E-state index >= 15 is 0 Å². The van der Waals surface area contributed by atoms with Crippen LogP contribution in [-0.4, -0.2) is 61.7 Å². The van der Waals surface area contributed by atoms with Gasteiger partial charge in [0.05, 0.1) is 13.2 Å². The molecule has 0 amide bonds. The first kappa shape index (κ1) is 20.3. The molecule has 7 rings (SSSR count). The second-order valence-corrected chi connectivity index (χ2v) is 10.9. The lowest BCUT2D eigenvalue weighted by Gasteiger charge is -2.72. The van der Waals surface area contributed by atoms with Crippen molar-refractivity contribution in [2.75, 3.05) is 27.8 Å². The number of fused-ring (bicyclic) bond motifs is 2. The maximum atomic E-state index is 11.4. The first-order valence-electron chi connectivity index (χ1n) is 12.3. The summed E-state index contributed by atoms with van der Waals surface area (Å²) in [7, 11) is 5.92. The van der Waals surface area contributed by atoms with E-state index in [4.69, 9.17) is 14.2 Å². The number of hydrogen-bond donors (Lipinski definition) is 1. The quantitative estimate of drug-likeness (QED) is 0.777. The van der Waals surface area contributed by atoms with E-state index in [2.05, 4.69) is 31.0 Å². The van der Waals surface area contributed by atoms with Crippen molar-refractivity contribution in [3.63, 3.8) is 0 Å². The van der Waals surface area contributed by atoms with Crippen LogP contribution in [0, 0.1) is 11.3 Å². The van der Waals surface area contributed by atoms with Crippen molar-refractivity contribution in [3.05, 3.63) is 23.3 Å². The minimum absolute atomic E-state index is 0.0451. The summed E-state index contributed by atoms with van der Waals surface area (Å²) >= 11 is 0. The Hall–Kier alpha value is -1.30. The number of aliphatic hydroxyl groups excluding tert-OH is 1. The first-order chi connectivity index (χ1) is 15.0. The number of benzene rings is 1. The van der Waals surface area contributed by atoms with Crippen LogP contribution in [0.2, 0.25) is 0 Å². The molecule has 4 bridgehead atoms. The highest BCUT2D eigenvalue weighted by Gasteiger charge is 2.80. The summed E-state index contributed by atoms with van der Waals surface area (Å²) < 4.78 is 19.3. The zero-order valence-corrected chi connectivity index (χ0v) is 19.4. The van der Waals surface area contributed by atoms with Gasteiger partial charge in [-0.1, -0.05) is 19.4 Å². The van der Waals surface area contributed by atoms with Crippen molar-refractivity contribution < 1.29 is 19.3 Å². The molecule has 2 heterocycles. The molecule has 3 saturated carbocycles. The van der Waals surface area contributed by atoms with Crippen LogP contribution >= 0.6 is 0 Å². The van der Waals surface area contributed by atoms with E-state index in [1.807, 2.05) is 7.11 Å². The molecule has 1 N–H and O–H groups in total. The Morgan fingerprint density at radius 1 is 1.26 bits per heavy atom. The molecule has 1 aromatic carbocycles. The number of likely N-dealkylation sites (tertiary alicyclic amines) is 1. The molecule has 1 aromatic rings. The van der Waals surface area contributed by atoms with Gasteiger partial charge < -0.3 is 24.2 Å². The molecule has 1 saturated heterocycles. The molecular formula is C26H37NO4. The summed E-state index contributed by atoms with van der Waals surface area (Å²) in [5, 5.41) is 11.4. The second-order valence-electron chi connectivity index (χ2n) is 10.9. The van der Waals surface area contributed by atoms with E-state index in [1.165, 1.54) is 17.5 Å².